The minimum atomic E-state index is 0.925. The lowest BCUT2D eigenvalue weighted by molar-refractivity contribution is 1.22. The molecule has 0 bridgehead atoms. The van der Waals surface area contributed by atoms with Crippen LogP contribution in [-0.2, 0) is 0 Å². The van der Waals surface area contributed by atoms with Crippen molar-refractivity contribution in [3.05, 3.63) is 139 Å². The highest BCUT2D eigenvalue weighted by Gasteiger charge is 2.20. The number of rotatable bonds is 4. The third kappa shape index (κ3) is 3.75. The molecule has 8 aromatic rings. The van der Waals surface area contributed by atoms with Crippen molar-refractivity contribution in [3.63, 3.8) is 0 Å². The highest BCUT2D eigenvalue weighted by molar-refractivity contribution is 6.13. The van der Waals surface area contributed by atoms with E-state index in [9.17, 15) is 0 Å². The van der Waals surface area contributed by atoms with Gasteiger partial charge < -0.3 is 4.90 Å². The van der Waals surface area contributed by atoms with Gasteiger partial charge in [0.2, 0.25) is 0 Å². The summed E-state index contributed by atoms with van der Waals surface area (Å²) in [4.78, 5) is 16.9. The highest BCUT2D eigenvalue weighted by atomic mass is 15.1. The fourth-order valence-corrected chi connectivity index (χ4v) is 6.20. The first kappa shape index (κ1) is 24.3. The van der Waals surface area contributed by atoms with Gasteiger partial charge in [-0.15, -0.1) is 0 Å². The van der Waals surface area contributed by atoms with Gasteiger partial charge in [0.15, 0.2) is 0 Å². The number of aromatic nitrogens is 4. The summed E-state index contributed by atoms with van der Waals surface area (Å²) >= 11 is 0. The van der Waals surface area contributed by atoms with Crippen LogP contribution in [-0.4, -0.2) is 19.4 Å². The van der Waals surface area contributed by atoms with Crippen LogP contribution in [0.2, 0.25) is 0 Å². The van der Waals surface area contributed by atoms with E-state index in [1.807, 2.05) is 36.7 Å². The van der Waals surface area contributed by atoms with Crippen molar-refractivity contribution < 1.29 is 0 Å². The molecule has 4 aromatic carbocycles. The Morgan fingerprint density at radius 3 is 2.24 bits per heavy atom. The first-order chi connectivity index (χ1) is 20.7. The number of nitrogens with zero attached hydrogens (tertiary/aromatic N) is 5. The first-order valence-corrected chi connectivity index (χ1v) is 14.1. The monoisotopic (exact) mass is 541 g/mol. The molecule has 0 radical (unpaired) electrons. The molecular formula is C37H27N5. The van der Waals surface area contributed by atoms with E-state index in [0.29, 0.717) is 0 Å². The van der Waals surface area contributed by atoms with E-state index in [1.54, 1.807) is 0 Å². The second kappa shape index (κ2) is 9.53. The van der Waals surface area contributed by atoms with E-state index in [0.717, 1.165) is 61.1 Å². The lowest BCUT2D eigenvalue weighted by Crippen LogP contribution is -2.13. The molecule has 5 nitrogen and oxygen atoms in total. The maximum atomic E-state index is 5.01. The molecule has 4 heterocycles. The van der Waals surface area contributed by atoms with Crippen LogP contribution < -0.4 is 4.90 Å². The number of fused-ring (bicyclic) bond motifs is 8. The second-order valence-corrected chi connectivity index (χ2v) is 10.7. The fourth-order valence-electron chi connectivity index (χ4n) is 6.20. The molecule has 42 heavy (non-hydrogen) atoms. The Labute approximate surface area is 243 Å². The summed E-state index contributed by atoms with van der Waals surface area (Å²) in [6, 6.07) is 40.3. The Morgan fingerprint density at radius 1 is 0.595 bits per heavy atom. The van der Waals surface area contributed by atoms with Gasteiger partial charge in [0.25, 0.3) is 0 Å². The lowest BCUT2D eigenvalue weighted by Gasteiger charge is -2.29. The van der Waals surface area contributed by atoms with Crippen LogP contribution >= 0.6 is 0 Å². The quantitative estimate of drug-likeness (QED) is 0.208. The van der Waals surface area contributed by atoms with Gasteiger partial charge in [-0.2, -0.15) is 0 Å². The molecule has 0 fully saturated rings. The van der Waals surface area contributed by atoms with Crippen molar-refractivity contribution in [3.8, 4) is 11.3 Å². The minimum absolute atomic E-state index is 0.925. The molecule has 0 aliphatic heterocycles. The SMILES string of the molecule is Cc1cccc(C)c1N(c1cccc(-c2ccccn2)c1)c1ccc2c(c1)c1ncccc1c1nc3ccccc3n21. The molecule has 0 aliphatic rings. The predicted molar refractivity (Wildman–Crippen MR) is 173 cm³/mol. The zero-order valence-corrected chi connectivity index (χ0v) is 23.4. The summed E-state index contributed by atoms with van der Waals surface area (Å²) < 4.78 is 2.27. The molecule has 0 saturated carbocycles. The smallest absolute Gasteiger partial charge is 0.147 e. The van der Waals surface area contributed by atoms with E-state index >= 15 is 0 Å². The van der Waals surface area contributed by atoms with Gasteiger partial charge in [0.1, 0.15) is 5.65 Å². The number of para-hydroxylation sites is 3. The third-order valence-corrected chi connectivity index (χ3v) is 8.07. The number of imidazole rings is 1. The normalized spacial score (nSPS) is 11.6. The number of benzene rings is 4. The molecular weight excluding hydrogens is 514 g/mol. The Hall–Kier alpha value is -5.55. The van der Waals surface area contributed by atoms with Crippen molar-refractivity contribution in [2.24, 2.45) is 0 Å². The third-order valence-electron chi connectivity index (χ3n) is 8.07. The number of hydrogen-bond acceptors (Lipinski definition) is 4. The van der Waals surface area contributed by atoms with E-state index < -0.39 is 0 Å². The molecule has 0 spiro atoms. The van der Waals surface area contributed by atoms with Crippen molar-refractivity contribution in [2.45, 2.75) is 13.8 Å². The van der Waals surface area contributed by atoms with Gasteiger partial charge in [-0.3, -0.25) is 14.4 Å². The Bertz CT molecular complexity index is 2260. The minimum Gasteiger partial charge on any atom is -0.310 e. The zero-order chi connectivity index (χ0) is 28.2. The number of aryl methyl sites for hydroxylation is 2. The highest BCUT2D eigenvalue weighted by Crippen LogP contribution is 2.42. The molecule has 200 valence electrons. The molecule has 0 N–H and O–H groups in total. The van der Waals surface area contributed by atoms with E-state index in [-0.39, 0.29) is 0 Å². The summed E-state index contributed by atoms with van der Waals surface area (Å²) in [5.41, 5.74) is 12.7. The summed E-state index contributed by atoms with van der Waals surface area (Å²) in [5.74, 6) is 0. The Balaban J connectivity index is 1.44. The molecule has 0 aliphatic carbocycles. The van der Waals surface area contributed by atoms with E-state index in [4.69, 9.17) is 9.97 Å². The van der Waals surface area contributed by atoms with Gasteiger partial charge in [-0.05, 0) is 91.7 Å². The first-order valence-electron chi connectivity index (χ1n) is 14.1. The van der Waals surface area contributed by atoms with Gasteiger partial charge >= 0.3 is 0 Å². The van der Waals surface area contributed by atoms with Gasteiger partial charge in [-0.1, -0.05) is 48.5 Å². The molecule has 0 unspecified atom stereocenters. The second-order valence-electron chi connectivity index (χ2n) is 10.7. The molecule has 8 rings (SSSR count). The maximum Gasteiger partial charge on any atom is 0.147 e. The number of pyridine rings is 3. The topological polar surface area (TPSA) is 46.3 Å². The number of anilines is 3. The average Bonchev–Trinajstić information content (AvgIpc) is 3.43. The average molecular weight is 542 g/mol. The van der Waals surface area contributed by atoms with Crippen LogP contribution in [0, 0.1) is 13.8 Å². The zero-order valence-electron chi connectivity index (χ0n) is 23.4. The van der Waals surface area contributed by atoms with Gasteiger partial charge in [0.05, 0.1) is 33.4 Å². The molecule has 0 amide bonds. The van der Waals surface area contributed by atoms with Crippen LogP contribution in [0.3, 0.4) is 0 Å². The predicted octanol–water partition coefficient (Wildman–Crippen LogP) is 9.34. The fraction of sp³-hybridized carbons (Fsp3) is 0.0541. The van der Waals surface area contributed by atoms with Gasteiger partial charge in [-0.25, -0.2) is 4.98 Å². The molecule has 4 aromatic heterocycles. The van der Waals surface area contributed by atoms with Crippen LogP contribution in [0.4, 0.5) is 17.1 Å². The van der Waals surface area contributed by atoms with Crippen LogP contribution in [0.1, 0.15) is 11.1 Å². The summed E-state index contributed by atoms with van der Waals surface area (Å²) in [6.07, 6.45) is 3.71. The molecule has 0 atom stereocenters. The lowest BCUT2D eigenvalue weighted by atomic mass is 10.0. The largest absolute Gasteiger partial charge is 0.310 e. The van der Waals surface area contributed by atoms with E-state index in [2.05, 4.69) is 119 Å². The van der Waals surface area contributed by atoms with Crippen LogP contribution in [0.5, 0.6) is 0 Å². The van der Waals surface area contributed by atoms with Crippen LogP contribution in [0.25, 0.3) is 49.7 Å². The van der Waals surface area contributed by atoms with Crippen molar-refractivity contribution in [1.82, 2.24) is 19.4 Å². The standard InChI is InChI=1S/C37H27N5/c1-24-10-7-11-25(2)36(24)41(27-13-8-12-26(22-27)31-15-5-6-20-38-31)28-18-19-33-30(23-28)35-29(14-9-21-39-35)37-40-32-16-3-4-17-34(32)42(33)37/h3-23H,1-2H3. The van der Waals surface area contributed by atoms with E-state index in [1.165, 1.54) is 16.8 Å². The van der Waals surface area contributed by atoms with Gasteiger partial charge in [0, 0.05) is 40.1 Å². The summed E-state index contributed by atoms with van der Waals surface area (Å²) in [7, 11) is 0. The van der Waals surface area contributed by atoms with Crippen LogP contribution in [0.15, 0.2) is 128 Å². The Morgan fingerprint density at radius 2 is 1.38 bits per heavy atom. The molecule has 5 heteroatoms. The van der Waals surface area contributed by atoms with Crippen molar-refractivity contribution >= 4 is 55.5 Å². The molecule has 0 saturated heterocycles. The summed E-state index contributed by atoms with van der Waals surface area (Å²) in [6.45, 7) is 4.36. The number of hydrogen-bond donors (Lipinski definition) is 0. The van der Waals surface area contributed by atoms with Crippen molar-refractivity contribution in [2.75, 3.05) is 4.90 Å². The summed E-state index contributed by atoms with van der Waals surface area (Å²) in [5, 5.41) is 2.12. The Kier molecular flexibility index (Phi) is 5.50. The van der Waals surface area contributed by atoms with Crippen molar-refractivity contribution in [1.29, 1.82) is 0 Å². The maximum absolute atomic E-state index is 5.01.